The van der Waals surface area contributed by atoms with Crippen molar-refractivity contribution >= 4 is 31.9 Å². The van der Waals surface area contributed by atoms with Gasteiger partial charge in [0.05, 0.1) is 32.8 Å². The number of carbonyl (C=O) groups excluding carboxylic acids is 4. The summed E-state index contributed by atoms with van der Waals surface area (Å²) in [5.41, 5.74) is 0.725. The van der Waals surface area contributed by atoms with E-state index >= 15 is 0 Å². The molecule has 0 saturated carbocycles. The van der Waals surface area contributed by atoms with Crippen molar-refractivity contribution in [2.45, 2.75) is 95.0 Å². The summed E-state index contributed by atoms with van der Waals surface area (Å²) >= 11 is 0. The molecule has 248 valence electrons. The van der Waals surface area contributed by atoms with Gasteiger partial charge < -0.3 is 38.8 Å². The third-order valence-electron chi connectivity index (χ3n) is 6.51. The Kier molecular flexibility index (Phi) is 13.3. The van der Waals surface area contributed by atoms with Crippen molar-refractivity contribution < 1.29 is 65.9 Å². The molecule has 2 N–H and O–H groups in total. The lowest BCUT2D eigenvalue weighted by atomic mass is 9.88. The van der Waals surface area contributed by atoms with Crippen LogP contribution in [0.1, 0.15) is 25.8 Å². The molecule has 1 amide bonds. The zero-order valence-electron chi connectivity index (χ0n) is 25.5. The van der Waals surface area contributed by atoms with Crippen LogP contribution in [-0.2, 0) is 54.2 Å². The summed E-state index contributed by atoms with van der Waals surface area (Å²) in [5, 5.41) is 12.9. The third-order valence-corrected chi connectivity index (χ3v) is 8.22. The highest BCUT2D eigenvalue weighted by molar-refractivity contribution is 6.76. The van der Waals surface area contributed by atoms with E-state index in [0.29, 0.717) is 6.04 Å². The molecule has 1 aliphatic heterocycles. The molecule has 1 aliphatic rings. The Labute approximate surface area is 254 Å². The molecule has 1 aromatic rings. The topological polar surface area (TPSA) is 156 Å². The summed E-state index contributed by atoms with van der Waals surface area (Å²) < 4.78 is 73.2. The fourth-order valence-electron chi connectivity index (χ4n) is 4.44. The van der Waals surface area contributed by atoms with Crippen molar-refractivity contribution in [1.82, 2.24) is 5.32 Å². The minimum Gasteiger partial charge on any atom is -0.465 e. The molecular weight excluding hydrogens is 611 g/mol. The van der Waals surface area contributed by atoms with Crippen LogP contribution in [0.5, 0.6) is 0 Å². The number of amides is 1. The zero-order valence-corrected chi connectivity index (χ0v) is 26.5. The second-order valence-corrected chi connectivity index (χ2v) is 17.1. The Morgan fingerprint density at radius 2 is 1.75 bits per heavy atom. The molecule has 1 heterocycles. The van der Waals surface area contributed by atoms with Gasteiger partial charge in [-0.2, -0.15) is 13.2 Å². The van der Waals surface area contributed by atoms with Gasteiger partial charge in [0.15, 0.2) is 6.10 Å². The summed E-state index contributed by atoms with van der Waals surface area (Å²) in [7, 11) is -0.754. The first-order valence-corrected chi connectivity index (χ1v) is 17.5. The van der Waals surface area contributed by atoms with Crippen LogP contribution in [0.3, 0.4) is 0 Å². The van der Waals surface area contributed by atoms with E-state index < -0.39 is 87.3 Å². The highest BCUT2D eigenvalue weighted by atomic mass is 28.3. The number of aliphatic hydroxyl groups excluding tert-OH is 1. The normalized spacial score (nSPS) is 23.6. The smallest absolute Gasteiger partial charge is 0.465 e. The van der Waals surface area contributed by atoms with E-state index in [1.54, 1.807) is 35.6 Å². The predicted octanol–water partition coefficient (Wildman–Crippen LogP) is 2.49. The van der Waals surface area contributed by atoms with Crippen LogP contribution in [0, 0.1) is 0 Å². The van der Waals surface area contributed by atoms with Crippen molar-refractivity contribution in [2.75, 3.05) is 20.3 Å². The Morgan fingerprint density at radius 1 is 1.11 bits per heavy atom. The van der Waals surface area contributed by atoms with Gasteiger partial charge in [-0.15, -0.1) is 0 Å². The molecule has 0 unspecified atom stereocenters. The summed E-state index contributed by atoms with van der Waals surface area (Å²) in [4.78, 5) is 49.6. The first kappa shape index (κ1) is 37.1. The molecule has 12 nitrogen and oxygen atoms in total. The molecule has 0 radical (unpaired) electrons. The van der Waals surface area contributed by atoms with E-state index in [0.717, 1.165) is 26.5 Å². The molecule has 2 rings (SSSR count). The van der Waals surface area contributed by atoms with Crippen LogP contribution >= 0.6 is 0 Å². The monoisotopic (exact) mass is 651 g/mol. The minimum atomic E-state index is -5.38. The van der Waals surface area contributed by atoms with Crippen LogP contribution in [0.15, 0.2) is 30.3 Å². The van der Waals surface area contributed by atoms with E-state index in [1.165, 1.54) is 0 Å². The van der Waals surface area contributed by atoms with Gasteiger partial charge in [0, 0.05) is 28.5 Å². The van der Waals surface area contributed by atoms with Gasteiger partial charge in [0.25, 0.3) is 5.79 Å². The molecule has 0 aliphatic carbocycles. The molecule has 1 fully saturated rings. The van der Waals surface area contributed by atoms with Gasteiger partial charge in [0.1, 0.15) is 18.3 Å². The molecule has 6 atom stereocenters. The number of benzene rings is 1. The van der Waals surface area contributed by atoms with Gasteiger partial charge in [-0.3, -0.25) is 14.4 Å². The maximum absolute atomic E-state index is 13.4. The first-order chi connectivity index (χ1) is 20.4. The molecule has 44 heavy (non-hydrogen) atoms. The number of hydrogen-bond donors (Lipinski definition) is 2. The van der Waals surface area contributed by atoms with Crippen molar-refractivity contribution in [3.63, 3.8) is 0 Å². The average molecular weight is 652 g/mol. The lowest BCUT2D eigenvalue weighted by Crippen LogP contribution is -2.70. The van der Waals surface area contributed by atoms with Crippen molar-refractivity contribution in [2.24, 2.45) is 0 Å². The van der Waals surface area contributed by atoms with E-state index in [-0.39, 0.29) is 13.2 Å². The second-order valence-electron chi connectivity index (χ2n) is 11.5. The summed E-state index contributed by atoms with van der Waals surface area (Å²) in [6.45, 7) is 7.44. The van der Waals surface area contributed by atoms with Gasteiger partial charge in [-0.25, -0.2) is 4.79 Å². The molecular formula is C28H40F3NO11Si. The average Bonchev–Trinajstić information content (AvgIpc) is 2.91. The second kappa shape index (κ2) is 15.8. The zero-order chi connectivity index (χ0) is 33.3. The quantitative estimate of drug-likeness (QED) is 0.173. The number of nitrogens with one attached hydrogen (secondary N) is 1. The van der Waals surface area contributed by atoms with Gasteiger partial charge >= 0.3 is 30.0 Å². The highest BCUT2D eigenvalue weighted by Gasteiger charge is 2.59. The van der Waals surface area contributed by atoms with E-state index in [1.807, 2.05) is 19.6 Å². The van der Waals surface area contributed by atoms with Gasteiger partial charge in [-0.1, -0.05) is 50.0 Å². The minimum absolute atomic E-state index is 0.00638. The van der Waals surface area contributed by atoms with Crippen LogP contribution in [0.2, 0.25) is 25.7 Å². The fourth-order valence-corrected chi connectivity index (χ4v) is 5.15. The van der Waals surface area contributed by atoms with Gasteiger partial charge in [-0.05, 0) is 11.6 Å². The summed E-state index contributed by atoms with van der Waals surface area (Å²) in [5.74, 6) is -7.91. The van der Waals surface area contributed by atoms with Crippen LogP contribution in [0.4, 0.5) is 13.2 Å². The number of esters is 3. The van der Waals surface area contributed by atoms with Crippen molar-refractivity contribution in [3.05, 3.63) is 35.9 Å². The number of halogens is 3. The van der Waals surface area contributed by atoms with Crippen molar-refractivity contribution in [1.29, 1.82) is 0 Å². The number of carbonyl (C=O) groups is 4. The fraction of sp³-hybridized carbons (Fsp3) is 0.643. The standard InChI is InChI=1S/C28H40F3NO11Si/c1-17(33)41-21-14-27(26(37)38-3,40-12-13-44(4,5)6)43-24(22(21)32-25(36)28(29,30)31)23(42-18(2)34)20(35)16-39-15-19-10-8-7-9-11-19/h7-11,20-24,35H,12-16H2,1-6H3,(H,32,36)/t20-,21+,22-,23-,24-,27-/m1/s1. The maximum atomic E-state index is 13.4. The highest BCUT2D eigenvalue weighted by Crippen LogP contribution is 2.37. The maximum Gasteiger partial charge on any atom is 0.471 e. The van der Waals surface area contributed by atoms with E-state index in [9.17, 15) is 37.5 Å². The molecule has 16 heteroatoms. The molecule has 0 aromatic heterocycles. The summed E-state index contributed by atoms with van der Waals surface area (Å²) in [6.07, 6.45) is -13.3. The van der Waals surface area contributed by atoms with E-state index in [2.05, 4.69) is 0 Å². The Morgan fingerprint density at radius 3 is 2.27 bits per heavy atom. The van der Waals surface area contributed by atoms with Crippen LogP contribution in [0.25, 0.3) is 0 Å². The number of rotatable bonds is 14. The Bertz CT molecular complexity index is 1130. The SMILES string of the molecule is COC(=O)[C@@]1(OCC[Si](C)(C)C)C[C@H](OC(C)=O)[C@@H](NC(=O)C(F)(F)F)[C@H]([C@H](OC(C)=O)[C@H](O)COCc2ccccc2)O1. The summed E-state index contributed by atoms with van der Waals surface area (Å²) in [6, 6.07) is 7.40. The Balaban J connectivity index is 2.59. The number of methoxy groups -OCH3 is 1. The first-order valence-electron chi connectivity index (χ1n) is 13.8. The van der Waals surface area contributed by atoms with Gasteiger partial charge in [0.2, 0.25) is 0 Å². The predicted molar refractivity (Wildman–Crippen MR) is 150 cm³/mol. The number of hydrogen-bond acceptors (Lipinski definition) is 11. The van der Waals surface area contributed by atoms with Crippen LogP contribution < -0.4 is 5.32 Å². The number of alkyl halides is 3. The Hall–Kier alpha value is -3.05. The molecule has 0 spiro atoms. The number of aliphatic hydroxyl groups is 1. The molecule has 1 saturated heterocycles. The number of ether oxygens (including phenoxy) is 6. The lowest BCUT2D eigenvalue weighted by molar-refractivity contribution is -0.313. The molecule has 0 bridgehead atoms. The molecule has 1 aromatic carbocycles. The lowest BCUT2D eigenvalue weighted by Gasteiger charge is -2.48. The van der Waals surface area contributed by atoms with Crippen molar-refractivity contribution in [3.8, 4) is 0 Å². The third kappa shape index (κ3) is 11.1. The largest absolute Gasteiger partial charge is 0.471 e. The van der Waals surface area contributed by atoms with E-state index in [4.69, 9.17) is 28.4 Å². The van der Waals surface area contributed by atoms with Crippen LogP contribution in [-0.4, -0.2) is 99.7 Å².